The van der Waals surface area contributed by atoms with E-state index >= 15 is 0 Å². The van der Waals surface area contributed by atoms with Gasteiger partial charge >= 0.3 is 6.09 Å². The molecule has 1 aliphatic heterocycles. The molecule has 0 aliphatic carbocycles. The highest BCUT2D eigenvalue weighted by Gasteiger charge is 2.35. The second-order valence-corrected chi connectivity index (χ2v) is 4.89. The van der Waals surface area contributed by atoms with Gasteiger partial charge in [-0.3, -0.25) is 0 Å². The third-order valence-electron chi connectivity index (χ3n) is 2.91. The molecule has 2 N–H and O–H groups in total. The van der Waals surface area contributed by atoms with Gasteiger partial charge in [0.25, 0.3) is 0 Å². The van der Waals surface area contributed by atoms with Crippen LogP contribution in [0.15, 0.2) is 11.6 Å². The lowest BCUT2D eigenvalue weighted by Crippen LogP contribution is -2.32. The molecule has 0 spiro atoms. The average Bonchev–Trinajstić information content (AvgIpc) is 2.70. The van der Waals surface area contributed by atoms with Crippen molar-refractivity contribution in [3.05, 3.63) is 16.6 Å². The van der Waals surface area contributed by atoms with Crippen LogP contribution in [0.1, 0.15) is 24.3 Å². The van der Waals surface area contributed by atoms with Crippen LogP contribution in [0.25, 0.3) is 0 Å². The number of likely N-dealkylation sites (tertiary alicyclic amines) is 1. The van der Waals surface area contributed by atoms with Crippen molar-refractivity contribution in [3.8, 4) is 0 Å². The maximum Gasteiger partial charge on any atom is 0.407 e. The highest BCUT2D eigenvalue weighted by molar-refractivity contribution is 7.09. The largest absolute Gasteiger partial charge is 0.465 e. The van der Waals surface area contributed by atoms with E-state index in [0.717, 1.165) is 0 Å². The van der Waals surface area contributed by atoms with E-state index in [-0.39, 0.29) is 0 Å². The number of hydrogen-bond donors (Lipinski definition) is 2. The molecule has 88 valence electrons. The number of thiazole rings is 1. The van der Waals surface area contributed by atoms with Gasteiger partial charge in [-0.05, 0) is 12.8 Å². The Morgan fingerprint density at radius 2 is 2.31 bits per heavy atom. The molecule has 16 heavy (non-hydrogen) atoms. The minimum atomic E-state index is -0.946. The summed E-state index contributed by atoms with van der Waals surface area (Å²) in [4.78, 5) is 16.3. The first-order chi connectivity index (χ1) is 7.62. The van der Waals surface area contributed by atoms with Crippen LogP contribution in [0, 0.1) is 0 Å². The van der Waals surface area contributed by atoms with Gasteiger partial charge in [0, 0.05) is 31.1 Å². The van der Waals surface area contributed by atoms with Gasteiger partial charge in [0.1, 0.15) is 10.6 Å². The van der Waals surface area contributed by atoms with Crippen molar-refractivity contribution in [1.82, 2.24) is 9.88 Å². The third-order valence-corrected chi connectivity index (χ3v) is 3.88. The number of nitrogens with zero attached hydrogens (tertiary/aromatic N) is 2. The van der Waals surface area contributed by atoms with Crippen LogP contribution in [-0.2, 0) is 5.60 Å². The van der Waals surface area contributed by atoms with E-state index in [0.29, 0.717) is 37.4 Å². The molecule has 0 bridgehead atoms. The zero-order chi connectivity index (χ0) is 11.6. The molecule has 1 fully saturated rings. The van der Waals surface area contributed by atoms with Crippen LogP contribution in [0.5, 0.6) is 0 Å². The van der Waals surface area contributed by atoms with Crippen molar-refractivity contribution < 1.29 is 15.0 Å². The average molecular weight is 242 g/mol. The molecule has 5 nitrogen and oxygen atoms in total. The summed E-state index contributed by atoms with van der Waals surface area (Å²) in [5, 5.41) is 21.9. The summed E-state index contributed by atoms with van der Waals surface area (Å²) in [6.45, 7) is 0.856. The van der Waals surface area contributed by atoms with E-state index in [2.05, 4.69) is 4.98 Å². The second-order valence-electron chi connectivity index (χ2n) is 3.99. The van der Waals surface area contributed by atoms with Gasteiger partial charge < -0.3 is 15.1 Å². The molecule has 1 aliphatic rings. The smallest absolute Gasteiger partial charge is 0.407 e. The Balaban J connectivity index is 2.11. The van der Waals surface area contributed by atoms with Crippen molar-refractivity contribution in [2.75, 3.05) is 13.1 Å². The summed E-state index contributed by atoms with van der Waals surface area (Å²) in [6.07, 6.45) is 2.42. The maximum atomic E-state index is 10.8. The lowest BCUT2D eigenvalue weighted by Gasteiger charge is -2.23. The zero-order valence-electron chi connectivity index (χ0n) is 8.80. The predicted octanol–water partition coefficient (Wildman–Crippen LogP) is 1.49. The number of hydrogen-bond acceptors (Lipinski definition) is 4. The van der Waals surface area contributed by atoms with Gasteiger partial charge in [-0.25, -0.2) is 9.78 Å². The lowest BCUT2D eigenvalue weighted by atomic mass is 9.96. The molecule has 1 atom stereocenters. The molecule has 0 saturated carbocycles. The Morgan fingerprint density at radius 1 is 1.50 bits per heavy atom. The van der Waals surface area contributed by atoms with Gasteiger partial charge in [-0.2, -0.15) is 0 Å². The Bertz CT molecular complexity index is 368. The third kappa shape index (κ3) is 2.17. The molecule has 2 heterocycles. The van der Waals surface area contributed by atoms with Crippen molar-refractivity contribution in [3.63, 3.8) is 0 Å². The molecule has 1 aromatic heterocycles. The summed E-state index contributed by atoms with van der Waals surface area (Å²) < 4.78 is 0. The highest BCUT2D eigenvalue weighted by Crippen LogP contribution is 2.33. The quantitative estimate of drug-likeness (QED) is 0.782. The van der Waals surface area contributed by atoms with E-state index in [1.165, 1.54) is 16.2 Å². The fourth-order valence-corrected chi connectivity index (χ4v) is 2.77. The summed E-state index contributed by atoms with van der Waals surface area (Å²) in [7, 11) is 0. The van der Waals surface area contributed by atoms with Gasteiger partial charge in [0.15, 0.2) is 0 Å². The van der Waals surface area contributed by atoms with Crippen molar-refractivity contribution in [2.24, 2.45) is 0 Å². The van der Waals surface area contributed by atoms with Crippen LogP contribution in [-0.4, -0.2) is 39.3 Å². The van der Waals surface area contributed by atoms with Gasteiger partial charge in [-0.15, -0.1) is 11.3 Å². The molecule has 1 amide bonds. The molecule has 0 unspecified atom stereocenters. The molecule has 1 aromatic rings. The number of aromatic nitrogens is 1. The SMILES string of the molecule is O=C(O)N1CCC[C@](O)(c2nccs2)CC1. The van der Waals surface area contributed by atoms with E-state index in [1.807, 2.05) is 5.38 Å². The van der Waals surface area contributed by atoms with Crippen LogP contribution in [0.3, 0.4) is 0 Å². The predicted molar refractivity (Wildman–Crippen MR) is 59.5 cm³/mol. The van der Waals surface area contributed by atoms with Gasteiger partial charge in [-0.1, -0.05) is 0 Å². The molecular weight excluding hydrogens is 228 g/mol. The summed E-state index contributed by atoms with van der Waals surface area (Å²) >= 11 is 1.42. The lowest BCUT2D eigenvalue weighted by molar-refractivity contribution is 0.0213. The summed E-state index contributed by atoms with van der Waals surface area (Å²) in [6, 6.07) is 0. The van der Waals surface area contributed by atoms with Crippen LogP contribution < -0.4 is 0 Å². The van der Waals surface area contributed by atoms with Gasteiger partial charge in [0.05, 0.1) is 0 Å². The first kappa shape index (κ1) is 11.3. The van der Waals surface area contributed by atoms with E-state index in [9.17, 15) is 9.90 Å². The minimum absolute atomic E-state index is 0.366. The van der Waals surface area contributed by atoms with Crippen molar-refractivity contribution >= 4 is 17.4 Å². The number of amides is 1. The maximum absolute atomic E-state index is 10.8. The van der Waals surface area contributed by atoms with Crippen LogP contribution in [0.2, 0.25) is 0 Å². The number of aliphatic hydroxyl groups is 1. The molecular formula is C10H14N2O3S. The van der Waals surface area contributed by atoms with Gasteiger partial charge in [0.2, 0.25) is 0 Å². The molecule has 0 aromatic carbocycles. The molecule has 6 heteroatoms. The number of carboxylic acid groups (broad SMARTS) is 1. The van der Waals surface area contributed by atoms with E-state index < -0.39 is 11.7 Å². The summed E-state index contributed by atoms with van der Waals surface area (Å²) in [5.74, 6) is 0. The Kier molecular flexibility index (Phi) is 3.11. The fraction of sp³-hybridized carbons (Fsp3) is 0.600. The first-order valence-corrected chi connectivity index (χ1v) is 6.10. The number of carbonyl (C=O) groups is 1. The monoisotopic (exact) mass is 242 g/mol. The van der Waals surface area contributed by atoms with Crippen LogP contribution >= 0.6 is 11.3 Å². The first-order valence-electron chi connectivity index (χ1n) is 5.22. The number of rotatable bonds is 1. The van der Waals surface area contributed by atoms with E-state index in [1.54, 1.807) is 6.20 Å². The Morgan fingerprint density at radius 3 is 2.94 bits per heavy atom. The Hall–Kier alpha value is -1.14. The zero-order valence-corrected chi connectivity index (χ0v) is 9.61. The molecule has 1 saturated heterocycles. The van der Waals surface area contributed by atoms with E-state index in [4.69, 9.17) is 5.11 Å². The molecule has 0 radical (unpaired) electrons. The molecule has 2 rings (SSSR count). The highest BCUT2D eigenvalue weighted by atomic mass is 32.1. The van der Waals surface area contributed by atoms with Crippen molar-refractivity contribution in [2.45, 2.75) is 24.9 Å². The Labute approximate surface area is 97.4 Å². The minimum Gasteiger partial charge on any atom is -0.465 e. The topological polar surface area (TPSA) is 73.7 Å². The fourth-order valence-electron chi connectivity index (χ4n) is 1.98. The summed E-state index contributed by atoms with van der Waals surface area (Å²) in [5.41, 5.74) is -0.946. The second kappa shape index (κ2) is 4.39. The van der Waals surface area contributed by atoms with Crippen LogP contribution in [0.4, 0.5) is 4.79 Å². The normalized spacial score (nSPS) is 26.4. The van der Waals surface area contributed by atoms with Crippen molar-refractivity contribution in [1.29, 1.82) is 0 Å². The standard InChI is InChI=1S/C10H14N2O3S/c13-9(14)12-5-1-2-10(15,3-6-12)8-11-4-7-16-8/h4,7,15H,1-3,5-6H2,(H,13,14)/t10-/m1/s1.